The van der Waals surface area contributed by atoms with Crippen molar-refractivity contribution >= 4 is 34.2 Å². The Balaban J connectivity index is 0.000000244. The van der Waals surface area contributed by atoms with Crippen LogP contribution >= 0.6 is 11.6 Å². The number of carbonyl (C=O) groups is 2. The third-order valence-electron chi connectivity index (χ3n) is 4.49. The minimum atomic E-state index is -4.44. The molecule has 7 nitrogen and oxygen atoms in total. The van der Waals surface area contributed by atoms with Crippen LogP contribution in [-0.2, 0) is 6.18 Å². The van der Waals surface area contributed by atoms with Gasteiger partial charge in [-0.25, -0.2) is 4.79 Å². The first kappa shape index (κ1) is 24.9. The van der Waals surface area contributed by atoms with Gasteiger partial charge in [-0.3, -0.25) is 9.59 Å². The number of hydrogen-bond donors (Lipinski definition) is 3. The largest absolute Gasteiger partial charge is 0.478 e. The number of aromatic nitrogens is 1. The number of primary amides is 1. The number of alkyl halides is 3. The van der Waals surface area contributed by atoms with Crippen LogP contribution in [-0.4, -0.2) is 33.3 Å². The number of hydrogen-bond acceptors (Lipinski definition) is 4. The highest BCUT2D eigenvalue weighted by molar-refractivity contribution is 6.35. The summed E-state index contributed by atoms with van der Waals surface area (Å²) in [6.45, 7) is 1.52. The minimum Gasteiger partial charge on any atom is -0.478 e. The molecule has 0 radical (unpaired) electrons. The van der Waals surface area contributed by atoms with E-state index >= 15 is 0 Å². The average molecular weight is 471 g/mol. The highest BCUT2D eigenvalue weighted by Gasteiger charge is 2.30. The summed E-state index contributed by atoms with van der Waals surface area (Å²) in [7, 11) is 0. The lowest BCUT2D eigenvalue weighted by atomic mass is 10.1. The fourth-order valence-electron chi connectivity index (χ4n) is 2.82. The Bertz CT molecular complexity index is 1220. The number of aromatic carboxylic acids is 1. The lowest BCUT2D eigenvalue weighted by Crippen LogP contribution is -2.25. The quantitative estimate of drug-likeness (QED) is 0.536. The number of carboxylic acid groups (broad SMARTS) is 1. The van der Waals surface area contributed by atoms with Gasteiger partial charge in [0.15, 0.2) is 0 Å². The van der Waals surface area contributed by atoms with Crippen LogP contribution in [0.15, 0.2) is 53.5 Å². The molecule has 1 atom stereocenters. The summed E-state index contributed by atoms with van der Waals surface area (Å²) in [5, 5.41) is 18.9. The normalized spacial score (nSPS) is 12.1. The number of aliphatic hydroxyl groups excluding tert-OH is 1. The molecule has 0 saturated heterocycles. The Morgan fingerprint density at radius 3 is 2.34 bits per heavy atom. The molecule has 0 spiro atoms. The van der Waals surface area contributed by atoms with Gasteiger partial charge in [-0.1, -0.05) is 17.7 Å². The SMILES string of the molecule is CC(CO)n1ccc2c(C(=O)O)c(Cl)ccc2c1=O.NC(=O)c1cccc(C(F)(F)F)c1. The molecule has 0 saturated carbocycles. The molecular formula is C21H18ClF3N2O5. The number of pyridine rings is 1. The van der Waals surface area contributed by atoms with Crippen LogP contribution in [0.2, 0.25) is 5.02 Å². The number of rotatable bonds is 4. The third-order valence-corrected chi connectivity index (χ3v) is 4.80. The second-order valence-corrected chi connectivity index (χ2v) is 7.10. The highest BCUT2D eigenvalue weighted by Crippen LogP contribution is 2.29. The maximum absolute atomic E-state index is 12.2. The third kappa shape index (κ3) is 5.45. The number of carbonyl (C=O) groups excluding carboxylic acids is 1. The van der Waals surface area contributed by atoms with Crippen molar-refractivity contribution in [2.24, 2.45) is 5.73 Å². The van der Waals surface area contributed by atoms with Crippen LogP contribution in [0.25, 0.3) is 10.8 Å². The maximum Gasteiger partial charge on any atom is 0.416 e. The van der Waals surface area contributed by atoms with E-state index < -0.39 is 23.6 Å². The van der Waals surface area contributed by atoms with Crippen molar-refractivity contribution in [2.45, 2.75) is 19.1 Å². The van der Waals surface area contributed by atoms with Gasteiger partial charge in [-0.05, 0) is 43.3 Å². The van der Waals surface area contributed by atoms with Crippen molar-refractivity contribution < 1.29 is 33.0 Å². The molecule has 4 N–H and O–H groups in total. The lowest BCUT2D eigenvalue weighted by molar-refractivity contribution is -0.137. The van der Waals surface area contributed by atoms with Gasteiger partial charge in [0.1, 0.15) is 0 Å². The Hall–Kier alpha value is -3.37. The van der Waals surface area contributed by atoms with Crippen molar-refractivity contribution in [1.29, 1.82) is 0 Å². The molecule has 2 aromatic carbocycles. The molecule has 11 heteroatoms. The Morgan fingerprint density at radius 2 is 1.81 bits per heavy atom. The zero-order chi connectivity index (χ0) is 24.2. The number of nitrogens with zero attached hydrogens (tertiary/aromatic N) is 1. The highest BCUT2D eigenvalue weighted by atomic mass is 35.5. The lowest BCUT2D eigenvalue weighted by Gasteiger charge is -2.13. The first-order valence-electron chi connectivity index (χ1n) is 9.03. The topological polar surface area (TPSA) is 123 Å². The maximum atomic E-state index is 12.2. The Kier molecular flexibility index (Phi) is 7.65. The van der Waals surface area contributed by atoms with Crippen LogP contribution in [0.3, 0.4) is 0 Å². The van der Waals surface area contributed by atoms with E-state index in [0.29, 0.717) is 5.39 Å². The number of benzene rings is 2. The molecule has 32 heavy (non-hydrogen) atoms. The predicted octanol–water partition coefficient (Wildman–Crippen LogP) is 3.71. The van der Waals surface area contributed by atoms with E-state index in [2.05, 4.69) is 0 Å². The smallest absolute Gasteiger partial charge is 0.416 e. The zero-order valence-electron chi connectivity index (χ0n) is 16.6. The molecular weight excluding hydrogens is 453 g/mol. The summed E-state index contributed by atoms with van der Waals surface area (Å²) < 4.78 is 37.6. The van der Waals surface area contributed by atoms with Crippen molar-refractivity contribution in [3.8, 4) is 0 Å². The molecule has 1 aromatic heterocycles. The second-order valence-electron chi connectivity index (χ2n) is 6.69. The van der Waals surface area contributed by atoms with E-state index in [1.54, 1.807) is 6.92 Å². The summed E-state index contributed by atoms with van der Waals surface area (Å²) in [6.07, 6.45) is -2.97. The average Bonchev–Trinajstić information content (AvgIpc) is 2.73. The Labute approximate surface area is 184 Å². The fraction of sp³-hybridized carbons (Fsp3) is 0.190. The molecule has 0 aliphatic rings. The molecule has 3 rings (SSSR count). The predicted molar refractivity (Wildman–Crippen MR) is 112 cm³/mol. The number of aliphatic hydroxyl groups is 1. The molecule has 1 unspecified atom stereocenters. The van der Waals surface area contributed by atoms with Gasteiger partial charge in [0.05, 0.1) is 28.8 Å². The molecule has 0 aliphatic heterocycles. The number of nitrogens with two attached hydrogens (primary N) is 1. The van der Waals surface area contributed by atoms with E-state index in [1.807, 2.05) is 0 Å². The molecule has 1 heterocycles. The van der Waals surface area contributed by atoms with E-state index in [-0.39, 0.29) is 39.7 Å². The van der Waals surface area contributed by atoms with Crippen LogP contribution in [0, 0.1) is 0 Å². The van der Waals surface area contributed by atoms with Gasteiger partial charge < -0.3 is 20.5 Å². The zero-order valence-corrected chi connectivity index (χ0v) is 17.3. The molecule has 3 aromatic rings. The van der Waals surface area contributed by atoms with Gasteiger partial charge in [-0.2, -0.15) is 13.2 Å². The molecule has 0 aliphatic carbocycles. The van der Waals surface area contributed by atoms with Gasteiger partial charge in [0.25, 0.3) is 5.56 Å². The van der Waals surface area contributed by atoms with Gasteiger partial charge in [-0.15, -0.1) is 0 Å². The molecule has 0 fully saturated rings. The van der Waals surface area contributed by atoms with Crippen LogP contribution < -0.4 is 11.3 Å². The van der Waals surface area contributed by atoms with E-state index in [9.17, 15) is 27.6 Å². The molecule has 0 bridgehead atoms. The molecule has 1 amide bonds. The first-order valence-corrected chi connectivity index (χ1v) is 9.40. The fourth-order valence-corrected chi connectivity index (χ4v) is 3.06. The second kappa shape index (κ2) is 9.84. The summed E-state index contributed by atoms with van der Waals surface area (Å²) in [5.41, 5.74) is 3.37. The first-order chi connectivity index (χ1) is 14.9. The van der Waals surface area contributed by atoms with Crippen LogP contribution in [0.5, 0.6) is 0 Å². The monoisotopic (exact) mass is 470 g/mol. The number of halogens is 4. The minimum absolute atomic E-state index is 0.0833. The van der Waals surface area contributed by atoms with Crippen LogP contribution in [0.4, 0.5) is 13.2 Å². The van der Waals surface area contributed by atoms with Gasteiger partial charge >= 0.3 is 12.1 Å². The number of fused-ring (bicyclic) bond motifs is 1. The summed E-state index contributed by atoms with van der Waals surface area (Å²) in [6, 6.07) is 8.02. The molecule has 170 valence electrons. The van der Waals surface area contributed by atoms with E-state index in [4.69, 9.17) is 27.5 Å². The Morgan fingerprint density at radius 1 is 1.16 bits per heavy atom. The van der Waals surface area contributed by atoms with Crippen molar-refractivity contribution in [3.63, 3.8) is 0 Å². The summed E-state index contributed by atoms with van der Waals surface area (Å²) in [5.74, 6) is -2.05. The standard InChI is InChI=1S/C13H12ClNO4.C8H6F3NO/c1-7(6-16)15-5-4-8-9(12(15)17)2-3-10(14)11(8)13(18)19;9-8(10,11)6-3-1-2-5(4-6)7(12)13/h2-5,7,16H,6H2,1H3,(H,18,19);1-4H,(H2,12,13). The van der Waals surface area contributed by atoms with Crippen LogP contribution in [0.1, 0.15) is 39.2 Å². The number of carboxylic acids is 1. The van der Waals surface area contributed by atoms with Crippen molar-refractivity contribution in [3.05, 3.63) is 80.7 Å². The number of amides is 1. The summed E-state index contributed by atoms with van der Waals surface area (Å²) in [4.78, 5) is 34.0. The van der Waals surface area contributed by atoms with Gasteiger partial charge in [0.2, 0.25) is 5.91 Å². The van der Waals surface area contributed by atoms with E-state index in [0.717, 1.165) is 18.2 Å². The summed E-state index contributed by atoms with van der Waals surface area (Å²) >= 11 is 5.85. The van der Waals surface area contributed by atoms with Crippen molar-refractivity contribution in [2.75, 3.05) is 6.61 Å². The van der Waals surface area contributed by atoms with E-state index in [1.165, 1.54) is 35.0 Å². The van der Waals surface area contributed by atoms with Crippen molar-refractivity contribution in [1.82, 2.24) is 4.57 Å². The van der Waals surface area contributed by atoms with Gasteiger partial charge in [0, 0.05) is 22.5 Å².